The van der Waals surface area contributed by atoms with E-state index in [-0.39, 0.29) is 0 Å². The first-order valence-corrected chi connectivity index (χ1v) is 4.02. The van der Waals surface area contributed by atoms with Crippen LogP contribution in [0.4, 0.5) is 0 Å². The fourth-order valence-electron chi connectivity index (χ4n) is 0.925. The lowest BCUT2D eigenvalue weighted by atomic mass is 10.2. The summed E-state index contributed by atoms with van der Waals surface area (Å²) in [6, 6.07) is 10.2. The van der Waals surface area contributed by atoms with Crippen LogP contribution in [-0.2, 0) is 0 Å². The average molecular weight is 159 g/mol. The number of hydrogen-bond acceptors (Lipinski definition) is 1. The van der Waals surface area contributed by atoms with Crippen LogP contribution in [0.2, 0.25) is 0 Å². The number of allylic oxidation sites excluding steroid dienone is 2. The largest absolute Gasteiger partial charge is 0.405 e. The van der Waals surface area contributed by atoms with Gasteiger partial charge in [0, 0.05) is 0 Å². The molecule has 1 heteroatoms. The van der Waals surface area contributed by atoms with Gasteiger partial charge in [0.1, 0.15) is 0 Å². The van der Waals surface area contributed by atoms with Gasteiger partial charge in [0.2, 0.25) is 0 Å². The molecular formula is C11H13N. The number of nitrogens with two attached hydrogens (primary N) is 1. The predicted octanol–water partition coefficient (Wildman–Crippen LogP) is 2.56. The van der Waals surface area contributed by atoms with Crippen molar-refractivity contribution in [2.75, 3.05) is 0 Å². The van der Waals surface area contributed by atoms with E-state index in [0.717, 1.165) is 6.42 Å². The van der Waals surface area contributed by atoms with Gasteiger partial charge < -0.3 is 5.73 Å². The standard InChI is InChI=1S/C11H13N/c12-10-6-2-5-9-11-7-3-1-4-8-11/h1,3-10H,2,12H2. The SMILES string of the molecule is NC=CCC=Cc1ccccc1. The van der Waals surface area contributed by atoms with E-state index in [1.165, 1.54) is 5.56 Å². The number of hydrogen-bond donors (Lipinski definition) is 1. The van der Waals surface area contributed by atoms with E-state index in [1.807, 2.05) is 24.3 Å². The van der Waals surface area contributed by atoms with Gasteiger partial charge in [-0.1, -0.05) is 48.6 Å². The molecular weight excluding hydrogens is 146 g/mol. The molecule has 0 aromatic heterocycles. The second kappa shape index (κ2) is 5.19. The van der Waals surface area contributed by atoms with Crippen molar-refractivity contribution in [2.24, 2.45) is 5.73 Å². The summed E-state index contributed by atoms with van der Waals surface area (Å²) in [6.45, 7) is 0. The maximum Gasteiger partial charge on any atom is -0.00999 e. The molecule has 0 saturated heterocycles. The fraction of sp³-hybridized carbons (Fsp3) is 0.0909. The molecule has 1 rings (SSSR count). The smallest absolute Gasteiger partial charge is 0.00999 e. The molecule has 62 valence electrons. The van der Waals surface area contributed by atoms with E-state index in [9.17, 15) is 0 Å². The quantitative estimate of drug-likeness (QED) is 0.720. The summed E-state index contributed by atoms with van der Waals surface area (Å²) >= 11 is 0. The molecule has 0 unspecified atom stereocenters. The first-order chi connectivity index (χ1) is 5.93. The highest BCUT2D eigenvalue weighted by Gasteiger charge is 1.79. The van der Waals surface area contributed by atoms with E-state index in [1.54, 1.807) is 6.20 Å². The summed E-state index contributed by atoms with van der Waals surface area (Å²) in [6.07, 6.45) is 8.54. The van der Waals surface area contributed by atoms with E-state index in [0.29, 0.717) is 0 Å². The maximum atomic E-state index is 5.19. The maximum absolute atomic E-state index is 5.19. The Bertz CT molecular complexity index is 260. The molecule has 1 aromatic carbocycles. The van der Waals surface area contributed by atoms with Crippen LogP contribution >= 0.6 is 0 Å². The monoisotopic (exact) mass is 159 g/mol. The van der Waals surface area contributed by atoms with Crippen molar-refractivity contribution in [1.82, 2.24) is 0 Å². The third kappa shape index (κ3) is 3.06. The van der Waals surface area contributed by atoms with Crippen molar-refractivity contribution in [3.63, 3.8) is 0 Å². The van der Waals surface area contributed by atoms with E-state index in [2.05, 4.69) is 24.3 Å². The molecule has 0 fully saturated rings. The second-order valence-corrected chi connectivity index (χ2v) is 2.48. The lowest BCUT2D eigenvalue weighted by Gasteiger charge is -1.89. The van der Waals surface area contributed by atoms with Gasteiger partial charge in [0.05, 0.1) is 0 Å². The molecule has 12 heavy (non-hydrogen) atoms. The molecule has 0 bridgehead atoms. The summed E-state index contributed by atoms with van der Waals surface area (Å²) in [5, 5.41) is 0. The van der Waals surface area contributed by atoms with Crippen LogP contribution in [0.25, 0.3) is 6.08 Å². The van der Waals surface area contributed by atoms with Crippen LogP contribution in [0.5, 0.6) is 0 Å². The molecule has 0 aliphatic carbocycles. The lowest BCUT2D eigenvalue weighted by Crippen LogP contribution is -1.74. The van der Waals surface area contributed by atoms with Crippen LogP contribution in [-0.4, -0.2) is 0 Å². The van der Waals surface area contributed by atoms with Crippen LogP contribution in [0.1, 0.15) is 12.0 Å². The summed E-state index contributed by atoms with van der Waals surface area (Å²) in [7, 11) is 0. The second-order valence-electron chi connectivity index (χ2n) is 2.48. The highest BCUT2D eigenvalue weighted by Crippen LogP contribution is 2.01. The Kier molecular flexibility index (Phi) is 3.72. The third-order valence-electron chi connectivity index (χ3n) is 1.52. The molecule has 0 aliphatic rings. The van der Waals surface area contributed by atoms with Crippen LogP contribution in [0, 0.1) is 0 Å². The van der Waals surface area contributed by atoms with Gasteiger partial charge in [-0.05, 0) is 18.2 Å². The molecule has 0 radical (unpaired) electrons. The van der Waals surface area contributed by atoms with Crippen molar-refractivity contribution >= 4 is 6.08 Å². The van der Waals surface area contributed by atoms with E-state index < -0.39 is 0 Å². The van der Waals surface area contributed by atoms with Gasteiger partial charge in [-0.2, -0.15) is 0 Å². The first-order valence-electron chi connectivity index (χ1n) is 4.02. The fourth-order valence-corrected chi connectivity index (χ4v) is 0.925. The normalized spacial score (nSPS) is 11.3. The Morgan fingerprint density at radius 3 is 2.50 bits per heavy atom. The Balaban J connectivity index is 2.47. The summed E-state index contributed by atoms with van der Waals surface area (Å²) in [4.78, 5) is 0. The van der Waals surface area contributed by atoms with Gasteiger partial charge in [0.25, 0.3) is 0 Å². The third-order valence-corrected chi connectivity index (χ3v) is 1.52. The topological polar surface area (TPSA) is 26.0 Å². The Morgan fingerprint density at radius 2 is 1.83 bits per heavy atom. The van der Waals surface area contributed by atoms with Crippen molar-refractivity contribution in [1.29, 1.82) is 0 Å². The van der Waals surface area contributed by atoms with Gasteiger partial charge in [-0.15, -0.1) is 0 Å². The Labute approximate surface area is 73.2 Å². The minimum absolute atomic E-state index is 0.894. The predicted molar refractivity (Wildman–Crippen MR) is 53.4 cm³/mol. The Hall–Kier alpha value is -1.50. The molecule has 0 saturated carbocycles. The van der Waals surface area contributed by atoms with Crippen molar-refractivity contribution in [3.05, 3.63) is 54.2 Å². The van der Waals surface area contributed by atoms with Crippen molar-refractivity contribution in [3.8, 4) is 0 Å². The first kappa shape index (κ1) is 8.60. The average Bonchev–Trinajstić information content (AvgIpc) is 2.14. The summed E-state index contributed by atoms with van der Waals surface area (Å²) in [5.41, 5.74) is 6.42. The molecule has 0 aliphatic heterocycles. The van der Waals surface area contributed by atoms with E-state index in [4.69, 9.17) is 5.73 Å². The van der Waals surface area contributed by atoms with Crippen molar-refractivity contribution in [2.45, 2.75) is 6.42 Å². The van der Waals surface area contributed by atoms with Gasteiger partial charge >= 0.3 is 0 Å². The Morgan fingerprint density at radius 1 is 1.08 bits per heavy atom. The zero-order valence-corrected chi connectivity index (χ0v) is 6.98. The van der Waals surface area contributed by atoms with Crippen LogP contribution in [0.15, 0.2) is 48.7 Å². The van der Waals surface area contributed by atoms with Crippen LogP contribution in [0.3, 0.4) is 0 Å². The van der Waals surface area contributed by atoms with Crippen LogP contribution < -0.4 is 5.73 Å². The minimum Gasteiger partial charge on any atom is -0.405 e. The highest BCUT2D eigenvalue weighted by molar-refractivity contribution is 5.48. The molecule has 0 spiro atoms. The van der Waals surface area contributed by atoms with Gasteiger partial charge in [-0.3, -0.25) is 0 Å². The summed E-state index contributed by atoms with van der Waals surface area (Å²) in [5.74, 6) is 0. The molecule has 1 nitrogen and oxygen atoms in total. The molecule has 0 atom stereocenters. The highest BCUT2D eigenvalue weighted by atomic mass is 14.5. The molecule has 2 N–H and O–H groups in total. The molecule has 0 amide bonds. The van der Waals surface area contributed by atoms with Gasteiger partial charge in [-0.25, -0.2) is 0 Å². The summed E-state index contributed by atoms with van der Waals surface area (Å²) < 4.78 is 0. The molecule has 1 aromatic rings. The van der Waals surface area contributed by atoms with Crippen molar-refractivity contribution < 1.29 is 0 Å². The molecule has 0 heterocycles. The zero-order valence-electron chi connectivity index (χ0n) is 6.98. The number of benzene rings is 1. The lowest BCUT2D eigenvalue weighted by molar-refractivity contribution is 1.37. The van der Waals surface area contributed by atoms with E-state index >= 15 is 0 Å². The van der Waals surface area contributed by atoms with Gasteiger partial charge in [0.15, 0.2) is 0 Å². The zero-order chi connectivity index (χ0) is 8.65. The number of rotatable bonds is 3. The minimum atomic E-state index is 0.894.